The molecular weight excluding hydrogens is 402 g/mol. The summed E-state index contributed by atoms with van der Waals surface area (Å²) in [5.74, 6) is -2.09. The monoisotopic (exact) mass is 418 g/mol. The smallest absolute Gasteiger partial charge is 0.269 e. The Bertz CT molecular complexity index is 1250. The number of hydrogen-bond acceptors (Lipinski definition) is 3. The third kappa shape index (κ3) is 3.98. The first kappa shape index (κ1) is 20.2. The molecule has 0 fully saturated rings. The average molecular weight is 418 g/mol. The van der Waals surface area contributed by atoms with Crippen LogP contribution >= 0.6 is 0 Å². The van der Waals surface area contributed by atoms with Crippen molar-refractivity contribution in [2.24, 2.45) is 0 Å². The first-order chi connectivity index (χ1) is 14.8. The molecule has 0 bridgehead atoms. The van der Waals surface area contributed by atoms with Crippen molar-refractivity contribution < 1.29 is 18.5 Å². The zero-order valence-corrected chi connectivity index (χ0v) is 16.4. The van der Waals surface area contributed by atoms with E-state index in [1.54, 1.807) is 12.2 Å². The predicted octanol–water partition coefficient (Wildman–Crippen LogP) is 5.65. The van der Waals surface area contributed by atoms with Crippen molar-refractivity contribution in [2.75, 3.05) is 4.90 Å². The standard InChI is InChI=1S/C24H16F2N2O3/c1-15-2-6-17(7-3-15)23-13-18(12-16-4-9-20(10-5-16)28(30)31)24(29)27(23)22-11-8-19(25)14-21(22)26/h2-14H,1H3/b18-12+. The first-order valence-corrected chi connectivity index (χ1v) is 9.38. The van der Waals surface area contributed by atoms with Crippen LogP contribution in [0.25, 0.3) is 11.8 Å². The molecule has 0 aromatic heterocycles. The van der Waals surface area contributed by atoms with E-state index in [0.29, 0.717) is 16.8 Å². The topological polar surface area (TPSA) is 63.5 Å². The lowest BCUT2D eigenvalue weighted by molar-refractivity contribution is -0.384. The van der Waals surface area contributed by atoms with Crippen LogP contribution in [0.1, 0.15) is 16.7 Å². The maximum absolute atomic E-state index is 14.6. The number of aryl methyl sites for hydroxylation is 1. The number of anilines is 1. The van der Waals surface area contributed by atoms with Crippen molar-refractivity contribution in [3.8, 4) is 0 Å². The molecular formula is C24H16F2N2O3. The molecule has 1 aliphatic heterocycles. The van der Waals surface area contributed by atoms with Gasteiger partial charge >= 0.3 is 0 Å². The summed E-state index contributed by atoms with van der Waals surface area (Å²) in [4.78, 5) is 24.8. The molecule has 0 atom stereocenters. The van der Waals surface area contributed by atoms with Crippen molar-refractivity contribution in [3.63, 3.8) is 0 Å². The van der Waals surface area contributed by atoms with Gasteiger partial charge in [-0.2, -0.15) is 0 Å². The Morgan fingerprint density at radius 3 is 2.26 bits per heavy atom. The van der Waals surface area contributed by atoms with Gasteiger partial charge in [0.1, 0.15) is 11.6 Å². The number of carbonyl (C=O) groups is 1. The van der Waals surface area contributed by atoms with Gasteiger partial charge in [-0.05, 0) is 54.5 Å². The fourth-order valence-corrected chi connectivity index (χ4v) is 3.33. The van der Waals surface area contributed by atoms with Crippen LogP contribution in [-0.2, 0) is 4.79 Å². The van der Waals surface area contributed by atoms with Gasteiger partial charge in [0.25, 0.3) is 11.6 Å². The molecule has 3 aromatic carbocycles. The number of non-ortho nitro benzene ring substituents is 1. The largest absolute Gasteiger partial charge is 0.273 e. The number of hydrogen-bond donors (Lipinski definition) is 0. The maximum Gasteiger partial charge on any atom is 0.269 e. The number of rotatable bonds is 4. The zero-order valence-electron chi connectivity index (χ0n) is 16.4. The third-order valence-corrected chi connectivity index (χ3v) is 4.91. The van der Waals surface area contributed by atoms with Gasteiger partial charge in [0.05, 0.1) is 16.3 Å². The Balaban J connectivity index is 1.81. The van der Waals surface area contributed by atoms with E-state index in [1.165, 1.54) is 35.2 Å². The van der Waals surface area contributed by atoms with Crippen LogP contribution in [0.2, 0.25) is 0 Å². The van der Waals surface area contributed by atoms with E-state index in [-0.39, 0.29) is 16.9 Å². The van der Waals surface area contributed by atoms with Gasteiger partial charge in [0, 0.05) is 23.8 Å². The molecule has 3 aromatic rings. The highest BCUT2D eigenvalue weighted by Gasteiger charge is 2.32. The highest BCUT2D eigenvalue weighted by atomic mass is 19.1. The van der Waals surface area contributed by atoms with E-state index in [1.807, 2.05) is 31.2 Å². The first-order valence-electron chi connectivity index (χ1n) is 9.38. The Kier molecular flexibility index (Phi) is 5.17. The molecule has 154 valence electrons. The maximum atomic E-state index is 14.6. The van der Waals surface area contributed by atoms with E-state index < -0.39 is 22.5 Å². The van der Waals surface area contributed by atoms with E-state index >= 15 is 0 Å². The number of nitro benzene ring substituents is 1. The number of benzene rings is 3. The van der Waals surface area contributed by atoms with E-state index in [0.717, 1.165) is 17.7 Å². The molecule has 0 saturated carbocycles. The molecule has 0 aliphatic carbocycles. The Labute approximate surface area is 176 Å². The molecule has 0 saturated heterocycles. The fourth-order valence-electron chi connectivity index (χ4n) is 3.33. The lowest BCUT2D eigenvalue weighted by Gasteiger charge is -2.21. The van der Waals surface area contributed by atoms with Crippen LogP contribution in [0.3, 0.4) is 0 Å². The highest BCUT2D eigenvalue weighted by Crippen LogP contribution is 2.36. The fraction of sp³-hybridized carbons (Fsp3) is 0.0417. The summed E-state index contributed by atoms with van der Waals surface area (Å²) in [6.45, 7) is 1.93. The van der Waals surface area contributed by atoms with Gasteiger partial charge in [0.2, 0.25) is 0 Å². The minimum atomic E-state index is -0.858. The quantitative estimate of drug-likeness (QED) is 0.312. The van der Waals surface area contributed by atoms with Crippen LogP contribution in [0.5, 0.6) is 0 Å². The summed E-state index contributed by atoms with van der Waals surface area (Å²) >= 11 is 0. The third-order valence-electron chi connectivity index (χ3n) is 4.91. The number of carbonyl (C=O) groups excluding carboxylic acids is 1. The predicted molar refractivity (Wildman–Crippen MR) is 114 cm³/mol. The second kappa shape index (κ2) is 7.95. The molecule has 0 N–H and O–H groups in total. The Morgan fingerprint density at radius 2 is 1.65 bits per heavy atom. The highest BCUT2D eigenvalue weighted by molar-refractivity contribution is 6.23. The van der Waals surface area contributed by atoms with Crippen LogP contribution in [-0.4, -0.2) is 10.8 Å². The van der Waals surface area contributed by atoms with E-state index in [4.69, 9.17) is 0 Å². The van der Waals surface area contributed by atoms with E-state index in [9.17, 15) is 23.7 Å². The van der Waals surface area contributed by atoms with Crippen molar-refractivity contribution in [1.82, 2.24) is 0 Å². The molecule has 7 heteroatoms. The summed E-state index contributed by atoms with van der Waals surface area (Å²) in [5.41, 5.74) is 2.88. The summed E-state index contributed by atoms with van der Waals surface area (Å²) in [5, 5.41) is 10.8. The SMILES string of the molecule is Cc1ccc(C2=C/C(=C\c3ccc([N+](=O)[O-])cc3)C(=O)N2c2ccc(F)cc2F)cc1. The lowest BCUT2D eigenvalue weighted by atomic mass is 10.1. The van der Waals surface area contributed by atoms with Crippen molar-refractivity contribution in [1.29, 1.82) is 0 Å². The molecule has 31 heavy (non-hydrogen) atoms. The van der Waals surface area contributed by atoms with Gasteiger partial charge in [-0.3, -0.25) is 19.8 Å². The lowest BCUT2D eigenvalue weighted by Crippen LogP contribution is -2.26. The molecule has 1 amide bonds. The summed E-state index contributed by atoms with van der Waals surface area (Å²) in [7, 11) is 0. The number of halogens is 2. The van der Waals surface area contributed by atoms with Gasteiger partial charge in [-0.15, -0.1) is 0 Å². The van der Waals surface area contributed by atoms with Crippen molar-refractivity contribution in [2.45, 2.75) is 6.92 Å². The summed E-state index contributed by atoms with van der Waals surface area (Å²) in [6, 6.07) is 16.2. The van der Waals surface area contributed by atoms with Crippen LogP contribution < -0.4 is 4.90 Å². The molecule has 0 spiro atoms. The second-order valence-corrected chi connectivity index (χ2v) is 7.08. The molecule has 1 heterocycles. The Hall–Kier alpha value is -4.13. The number of amides is 1. The zero-order chi connectivity index (χ0) is 22.1. The van der Waals surface area contributed by atoms with Gasteiger partial charge in [-0.1, -0.05) is 29.8 Å². The second-order valence-electron chi connectivity index (χ2n) is 7.08. The van der Waals surface area contributed by atoms with Gasteiger partial charge < -0.3 is 0 Å². The minimum Gasteiger partial charge on any atom is -0.273 e. The molecule has 4 rings (SSSR count). The number of nitro groups is 1. The molecule has 5 nitrogen and oxygen atoms in total. The van der Waals surface area contributed by atoms with Crippen LogP contribution in [0, 0.1) is 28.7 Å². The van der Waals surface area contributed by atoms with Gasteiger partial charge in [-0.25, -0.2) is 8.78 Å². The van der Waals surface area contributed by atoms with Gasteiger partial charge in [0.15, 0.2) is 0 Å². The normalized spacial score (nSPS) is 14.8. The van der Waals surface area contributed by atoms with Crippen molar-refractivity contribution >= 4 is 29.1 Å². The molecule has 0 radical (unpaired) electrons. The van der Waals surface area contributed by atoms with E-state index in [2.05, 4.69) is 0 Å². The van der Waals surface area contributed by atoms with Crippen LogP contribution in [0.4, 0.5) is 20.2 Å². The summed E-state index contributed by atoms with van der Waals surface area (Å²) < 4.78 is 28.0. The van der Waals surface area contributed by atoms with Crippen LogP contribution in [0.15, 0.2) is 78.4 Å². The minimum absolute atomic E-state index is 0.0641. The summed E-state index contributed by atoms with van der Waals surface area (Å²) in [6.07, 6.45) is 3.19. The molecule has 1 aliphatic rings. The number of nitrogens with zero attached hydrogens (tertiary/aromatic N) is 2. The average Bonchev–Trinajstić information content (AvgIpc) is 3.05. The Morgan fingerprint density at radius 1 is 0.968 bits per heavy atom. The molecule has 0 unspecified atom stereocenters. The van der Waals surface area contributed by atoms with Crippen molar-refractivity contribution in [3.05, 3.63) is 117 Å².